The van der Waals surface area contributed by atoms with Crippen LogP contribution in [0, 0.1) is 11.7 Å². The van der Waals surface area contributed by atoms with Gasteiger partial charge < -0.3 is 14.6 Å². The van der Waals surface area contributed by atoms with Crippen molar-refractivity contribution in [2.24, 2.45) is 13.0 Å². The molecule has 0 unspecified atom stereocenters. The summed E-state index contributed by atoms with van der Waals surface area (Å²) in [5.41, 5.74) is 0.650. The standard InChI is InChI=1S/C19H21FN2O3/c1-12(21-19(24)15-7-8-22(2)18(23)10-15)14-5-6-17(16(20)9-14)25-11-13-3-4-13/h5-10,12-13H,3-4,11H2,1-2H3,(H,21,24)/t12-/m0/s1. The molecule has 1 atom stereocenters. The minimum Gasteiger partial charge on any atom is -0.490 e. The minimum absolute atomic E-state index is 0.237. The Morgan fingerprint density at radius 2 is 2.12 bits per heavy atom. The second kappa shape index (κ2) is 7.09. The predicted octanol–water partition coefficient (Wildman–Crippen LogP) is 2.80. The average Bonchev–Trinajstić information content (AvgIpc) is 3.40. The Balaban J connectivity index is 1.66. The van der Waals surface area contributed by atoms with E-state index >= 15 is 0 Å². The third-order valence-corrected chi connectivity index (χ3v) is 4.34. The van der Waals surface area contributed by atoms with Gasteiger partial charge in [0.2, 0.25) is 0 Å². The van der Waals surface area contributed by atoms with Crippen LogP contribution in [0.4, 0.5) is 4.39 Å². The molecule has 1 aromatic heterocycles. The van der Waals surface area contributed by atoms with Crippen molar-refractivity contribution in [2.75, 3.05) is 6.61 Å². The number of hydrogen-bond acceptors (Lipinski definition) is 3. The number of nitrogens with zero attached hydrogens (tertiary/aromatic N) is 1. The number of halogens is 1. The highest BCUT2D eigenvalue weighted by molar-refractivity contribution is 5.94. The van der Waals surface area contributed by atoms with Gasteiger partial charge in [0.15, 0.2) is 11.6 Å². The molecule has 0 bridgehead atoms. The van der Waals surface area contributed by atoms with E-state index in [0.29, 0.717) is 18.1 Å². The molecule has 2 aromatic rings. The Kier molecular flexibility index (Phi) is 4.88. The SMILES string of the molecule is C[C@H](NC(=O)c1ccn(C)c(=O)c1)c1ccc(OCC2CC2)c(F)c1. The number of amides is 1. The zero-order valence-corrected chi connectivity index (χ0v) is 14.3. The molecule has 1 heterocycles. The van der Waals surface area contributed by atoms with Gasteiger partial charge in [-0.05, 0) is 49.4 Å². The number of pyridine rings is 1. The molecule has 6 heteroatoms. The maximum absolute atomic E-state index is 14.2. The first-order valence-electron chi connectivity index (χ1n) is 8.34. The van der Waals surface area contributed by atoms with E-state index in [1.54, 1.807) is 32.2 Å². The molecule has 0 saturated heterocycles. The molecule has 25 heavy (non-hydrogen) atoms. The van der Waals surface area contributed by atoms with Crippen LogP contribution in [-0.2, 0) is 7.05 Å². The van der Waals surface area contributed by atoms with Crippen molar-refractivity contribution in [3.05, 3.63) is 63.8 Å². The Morgan fingerprint density at radius 3 is 2.76 bits per heavy atom. The van der Waals surface area contributed by atoms with Gasteiger partial charge in [0.1, 0.15) is 0 Å². The molecule has 1 aromatic carbocycles. The fourth-order valence-electron chi connectivity index (χ4n) is 2.45. The quantitative estimate of drug-likeness (QED) is 0.877. The van der Waals surface area contributed by atoms with Crippen LogP contribution in [0.25, 0.3) is 0 Å². The highest BCUT2D eigenvalue weighted by Gasteiger charge is 2.22. The maximum atomic E-state index is 14.2. The highest BCUT2D eigenvalue weighted by atomic mass is 19.1. The van der Waals surface area contributed by atoms with E-state index in [0.717, 1.165) is 12.8 Å². The summed E-state index contributed by atoms with van der Waals surface area (Å²) in [6, 6.07) is 7.14. The van der Waals surface area contributed by atoms with Crippen LogP contribution in [0.5, 0.6) is 5.75 Å². The van der Waals surface area contributed by atoms with Crippen LogP contribution in [0.1, 0.15) is 41.7 Å². The lowest BCUT2D eigenvalue weighted by Gasteiger charge is -2.16. The molecule has 1 amide bonds. The number of aromatic nitrogens is 1. The lowest BCUT2D eigenvalue weighted by Crippen LogP contribution is -2.28. The van der Waals surface area contributed by atoms with Crippen molar-refractivity contribution in [1.29, 1.82) is 0 Å². The molecule has 1 saturated carbocycles. The first-order valence-corrected chi connectivity index (χ1v) is 8.34. The summed E-state index contributed by atoms with van der Waals surface area (Å²) in [5, 5.41) is 2.77. The summed E-state index contributed by atoms with van der Waals surface area (Å²) in [7, 11) is 1.61. The Hall–Kier alpha value is -2.63. The van der Waals surface area contributed by atoms with Gasteiger partial charge in [0, 0.05) is 24.9 Å². The second-order valence-electron chi connectivity index (χ2n) is 6.50. The summed E-state index contributed by atoms with van der Waals surface area (Å²) >= 11 is 0. The first-order chi connectivity index (χ1) is 11.9. The topological polar surface area (TPSA) is 60.3 Å². The van der Waals surface area contributed by atoms with Crippen LogP contribution in [0.3, 0.4) is 0 Å². The van der Waals surface area contributed by atoms with E-state index in [1.165, 1.54) is 22.9 Å². The number of nitrogens with one attached hydrogen (secondary N) is 1. The summed E-state index contributed by atoms with van der Waals surface area (Å²) in [6.07, 6.45) is 3.82. The molecule has 0 radical (unpaired) electrons. The van der Waals surface area contributed by atoms with E-state index in [2.05, 4.69) is 5.32 Å². The van der Waals surface area contributed by atoms with E-state index in [1.807, 2.05) is 0 Å². The fraction of sp³-hybridized carbons (Fsp3) is 0.368. The third kappa shape index (κ3) is 4.26. The molecule has 0 spiro atoms. The van der Waals surface area contributed by atoms with Gasteiger partial charge in [0.25, 0.3) is 11.5 Å². The van der Waals surface area contributed by atoms with Crippen molar-refractivity contribution in [3.8, 4) is 5.75 Å². The molecule has 0 aliphatic heterocycles. The summed E-state index contributed by atoms with van der Waals surface area (Å²) in [5.74, 6) is -0.0240. The van der Waals surface area contributed by atoms with Gasteiger partial charge in [-0.3, -0.25) is 9.59 Å². The van der Waals surface area contributed by atoms with E-state index in [9.17, 15) is 14.0 Å². The number of ether oxygens (including phenoxy) is 1. The molecule has 1 aliphatic rings. The second-order valence-corrected chi connectivity index (χ2v) is 6.50. The molecule has 1 aliphatic carbocycles. The van der Waals surface area contributed by atoms with Crippen molar-refractivity contribution < 1.29 is 13.9 Å². The third-order valence-electron chi connectivity index (χ3n) is 4.34. The van der Waals surface area contributed by atoms with Crippen LogP contribution in [0.15, 0.2) is 41.3 Å². The van der Waals surface area contributed by atoms with Gasteiger partial charge >= 0.3 is 0 Å². The van der Waals surface area contributed by atoms with Crippen LogP contribution in [-0.4, -0.2) is 17.1 Å². The lowest BCUT2D eigenvalue weighted by atomic mass is 10.1. The van der Waals surface area contributed by atoms with Crippen molar-refractivity contribution in [1.82, 2.24) is 9.88 Å². The Labute approximate surface area is 145 Å². The van der Waals surface area contributed by atoms with Gasteiger partial charge in [-0.1, -0.05) is 6.07 Å². The van der Waals surface area contributed by atoms with E-state index < -0.39 is 11.9 Å². The zero-order chi connectivity index (χ0) is 18.0. The number of benzene rings is 1. The van der Waals surface area contributed by atoms with Gasteiger partial charge in [-0.2, -0.15) is 0 Å². The normalized spacial score (nSPS) is 14.8. The average molecular weight is 344 g/mol. The lowest BCUT2D eigenvalue weighted by molar-refractivity contribution is 0.0939. The van der Waals surface area contributed by atoms with E-state index in [-0.39, 0.29) is 22.8 Å². The monoisotopic (exact) mass is 344 g/mol. The maximum Gasteiger partial charge on any atom is 0.252 e. The molecule has 3 rings (SSSR count). The molecule has 1 N–H and O–H groups in total. The fourth-order valence-corrected chi connectivity index (χ4v) is 2.45. The largest absolute Gasteiger partial charge is 0.490 e. The van der Waals surface area contributed by atoms with Crippen molar-refractivity contribution in [2.45, 2.75) is 25.8 Å². The number of carbonyl (C=O) groups is 1. The number of hydrogen-bond donors (Lipinski definition) is 1. The van der Waals surface area contributed by atoms with Crippen molar-refractivity contribution >= 4 is 5.91 Å². The zero-order valence-electron chi connectivity index (χ0n) is 14.3. The van der Waals surface area contributed by atoms with Crippen LogP contribution >= 0.6 is 0 Å². The Bertz CT molecular complexity index is 843. The van der Waals surface area contributed by atoms with Crippen LogP contribution in [0.2, 0.25) is 0 Å². The molecular weight excluding hydrogens is 323 g/mol. The Morgan fingerprint density at radius 1 is 1.36 bits per heavy atom. The number of aryl methyl sites for hydroxylation is 1. The molecule has 1 fully saturated rings. The summed E-state index contributed by atoms with van der Waals surface area (Å²) in [6.45, 7) is 2.31. The smallest absolute Gasteiger partial charge is 0.252 e. The molecule has 5 nitrogen and oxygen atoms in total. The highest BCUT2D eigenvalue weighted by Crippen LogP contribution is 2.30. The van der Waals surface area contributed by atoms with Crippen LogP contribution < -0.4 is 15.6 Å². The minimum atomic E-state index is -0.437. The van der Waals surface area contributed by atoms with Gasteiger partial charge in [-0.25, -0.2) is 4.39 Å². The van der Waals surface area contributed by atoms with E-state index in [4.69, 9.17) is 4.74 Å². The predicted molar refractivity (Wildman–Crippen MR) is 92.2 cm³/mol. The number of carbonyl (C=O) groups excluding carboxylic acids is 1. The molecular formula is C19H21FN2O3. The summed E-state index contributed by atoms with van der Waals surface area (Å²) in [4.78, 5) is 23.9. The number of rotatable bonds is 6. The van der Waals surface area contributed by atoms with Crippen molar-refractivity contribution in [3.63, 3.8) is 0 Å². The summed E-state index contributed by atoms with van der Waals surface area (Å²) < 4.78 is 21.0. The molecule has 132 valence electrons. The first kappa shape index (κ1) is 17.2. The van der Waals surface area contributed by atoms with Gasteiger partial charge in [-0.15, -0.1) is 0 Å². The van der Waals surface area contributed by atoms with Gasteiger partial charge in [0.05, 0.1) is 12.6 Å².